The zero-order valence-electron chi connectivity index (χ0n) is 28.6. The van der Waals surface area contributed by atoms with Crippen molar-refractivity contribution < 1.29 is 30.6 Å². The zero-order valence-corrected chi connectivity index (χ0v) is 54.5. The summed E-state index contributed by atoms with van der Waals surface area (Å²) in [5.74, 6) is 1.13. The Kier molecular flexibility index (Phi) is 17.7. The fraction of sp³-hybridized carbons (Fsp3) is 0.100. The quantitative estimate of drug-likeness (QED) is 0.0634. The molecule has 6 N–H and O–H groups in total. The molecule has 0 radical (unpaired) electrons. The first-order valence-corrected chi connectivity index (χ1v) is 29.2. The summed E-state index contributed by atoms with van der Waals surface area (Å²) in [5, 5.41) is 67.0. The monoisotopic (exact) mass is 2120 g/mol. The summed E-state index contributed by atoms with van der Waals surface area (Å²) >= 11 is 26.1. The summed E-state index contributed by atoms with van der Waals surface area (Å²) in [6.07, 6.45) is 0.877. The van der Waals surface area contributed by atoms with E-state index in [0.29, 0.717) is 55.7 Å². The van der Waals surface area contributed by atoms with Crippen LogP contribution in [0.2, 0.25) is 0 Å². The van der Waals surface area contributed by atoms with Crippen molar-refractivity contribution in [2.45, 2.75) is 23.7 Å². The smallest absolute Gasteiger partial charge is 0.142 e. The van der Waals surface area contributed by atoms with E-state index in [2.05, 4.69) is 271 Å². The summed E-state index contributed by atoms with van der Waals surface area (Å²) < 4.78 is 8.10. The minimum Gasteiger partial charge on any atom is -0.506 e. The molecule has 0 bridgehead atoms. The minimum absolute atomic E-state index is 0.188. The van der Waals surface area contributed by atoms with Crippen LogP contribution in [0.15, 0.2) is 72.8 Å². The van der Waals surface area contributed by atoms with Crippen LogP contribution >= 0.6 is 271 Å². The summed E-state index contributed by atoms with van der Waals surface area (Å²) in [4.78, 5) is 0. The molecule has 302 valence electrons. The Bertz CT molecular complexity index is 2050. The highest BCUT2D eigenvalue weighted by molar-refractivity contribution is 14.1. The molecular formula is C40H22I12O6. The van der Waals surface area contributed by atoms with Gasteiger partial charge in [0.05, 0.1) is 42.8 Å². The molecule has 6 nitrogen and oxygen atoms in total. The van der Waals surface area contributed by atoms with Gasteiger partial charge in [0.15, 0.2) is 0 Å². The number of benzene rings is 6. The molecule has 0 aromatic heterocycles. The van der Waals surface area contributed by atoms with Crippen molar-refractivity contribution in [3.8, 4) is 34.5 Å². The number of hydrogen-bond donors (Lipinski definition) is 6. The van der Waals surface area contributed by atoms with Gasteiger partial charge in [-0.05, 0) is 390 Å². The van der Waals surface area contributed by atoms with Crippen LogP contribution in [0.3, 0.4) is 0 Å². The van der Waals surface area contributed by atoms with Crippen molar-refractivity contribution in [1.82, 2.24) is 0 Å². The lowest BCUT2D eigenvalue weighted by atomic mass is 9.60. The molecule has 0 aliphatic rings. The highest BCUT2D eigenvalue weighted by atomic mass is 127. The average molecular weight is 2120 g/mol. The molecule has 0 spiro atoms. The normalized spacial score (nSPS) is 12.0. The molecular weight excluding hydrogens is 2100 g/mol. The molecule has 0 amide bonds. The van der Waals surface area contributed by atoms with Gasteiger partial charge >= 0.3 is 0 Å². The highest BCUT2D eigenvalue weighted by Crippen LogP contribution is 2.55. The van der Waals surface area contributed by atoms with E-state index in [1.807, 2.05) is 72.8 Å². The van der Waals surface area contributed by atoms with Crippen molar-refractivity contribution in [1.29, 1.82) is 0 Å². The topological polar surface area (TPSA) is 121 Å². The van der Waals surface area contributed by atoms with Crippen LogP contribution < -0.4 is 0 Å². The van der Waals surface area contributed by atoms with Crippen LogP contribution in [-0.2, 0) is 10.8 Å². The minimum atomic E-state index is -0.967. The van der Waals surface area contributed by atoms with Crippen molar-refractivity contribution in [3.63, 3.8) is 0 Å². The van der Waals surface area contributed by atoms with Crippen molar-refractivity contribution in [3.05, 3.63) is 149 Å². The number of hydrogen-bond acceptors (Lipinski definition) is 6. The van der Waals surface area contributed by atoms with Gasteiger partial charge < -0.3 is 30.6 Å². The van der Waals surface area contributed by atoms with Gasteiger partial charge in [-0.2, -0.15) is 0 Å². The lowest BCUT2D eigenvalue weighted by molar-refractivity contribution is 0.435. The van der Waals surface area contributed by atoms with Gasteiger partial charge in [0.25, 0.3) is 0 Å². The van der Waals surface area contributed by atoms with Crippen LogP contribution in [0.1, 0.15) is 46.2 Å². The largest absolute Gasteiger partial charge is 0.506 e. The van der Waals surface area contributed by atoms with E-state index in [0.717, 1.165) is 33.4 Å². The van der Waals surface area contributed by atoms with Gasteiger partial charge in [0.2, 0.25) is 0 Å². The number of phenolic OH excluding ortho intramolecular Hbond substituents is 6. The molecule has 58 heavy (non-hydrogen) atoms. The number of rotatable bonds is 9. The Balaban J connectivity index is 1.84. The van der Waals surface area contributed by atoms with Gasteiger partial charge in [-0.25, -0.2) is 0 Å². The molecule has 6 aromatic rings. The molecule has 6 aromatic carbocycles. The maximum absolute atomic E-state index is 11.2. The van der Waals surface area contributed by atoms with Gasteiger partial charge in [-0.1, -0.05) is 0 Å². The van der Waals surface area contributed by atoms with Crippen LogP contribution in [0.4, 0.5) is 0 Å². The molecule has 0 unspecified atom stereocenters. The third-order valence-electron chi connectivity index (χ3n) is 9.93. The van der Waals surface area contributed by atoms with Crippen molar-refractivity contribution >= 4 is 271 Å². The molecule has 0 atom stereocenters. The Morgan fingerprint density at radius 1 is 0.241 bits per heavy atom. The van der Waals surface area contributed by atoms with E-state index in [-0.39, 0.29) is 34.5 Å². The first-order valence-electron chi connectivity index (χ1n) is 16.2. The predicted molar refractivity (Wildman–Crippen MR) is 330 cm³/mol. The Morgan fingerprint density at radius 2 is 0.345 bits per heavy atom. The van der Waals surface area contributed by atoms with Crippen LogP contribution in [0, 0.1) is 42.8 Å². The number of halogens is 12. The third-order valence-corrected chi connectivity index (χ3v) is 19.8. The van der Waals surface area contributed by atoms with Gasteiger partial charge in [0, 0.05) is 10.8 Å². The Morgan fingerprint density at radius 3 is 0.448 bits per heavy atom. The second-order valence-electron chi connectivity index (χ2n) is 13.0. The second-order valence-corrected chi connectivity index (χ2v) is 27.0. The first-order chi connectivity index (χ1) is 27.1. The fourth-order valence-corrected chi connectivity index (χ4v) is 17.7. The number of phenols is 6. The highest BCUT2D eigenvalue weighted by Gasteiger charge is 2.45. The third kappa shape index (κ3) is 9.80. The van der Waals surface area contributed by atoms with E-state index in [1.165, 1.54) is 0 Å². The van der Waals surface area contributed by atoms with E-state index >= 15 is 0 Å². The summed E-state index contributed by atoms with van der Waals surface area (Å²) in [6.45, 7) is 0. The molecule has 0 saturated carbocycles. The second kappa shape index (κ2) is 20.4. The summed E-state index contributed by atoms with van der Waals surface area (Å²) in [6, 6.07) is 24.2. The molecule has 18 heteroatoms. The van der Waals surface area contributed by atoms with Crippen LogP contribution in [0.5, 0.6) is 34.5 Å². The SMILES string of the molecule is Oc1c(I)cc(C(CCC(c2cc(I)c(O)c(I)c2)(c2cc(I)c(O)c(I)c2)c2cc(I)c(O)c(I)c2)(c2cc(I)c(O)c(I)c2)c2cc(I)c(O)c(I)c2)cc1I. The lowest BCUT2D eigenvalue weighted by Gasteiger charge is -2.43. The van der Waals surface area contributed by atoms with E-state index in [1.54, 1.807) is 0 Å². The molecule has 6 rings (SSSR count). The van der Waals surface area contributed by atoms with Gasteiger partial charge in [-0.3, -0.25) is 0 Å². The lowest BCUT2D eigenvalue weighted by Crippen LogP contribution is -2.37. The first kappa shape index (κ1) is 50.3. The predicted octanol–water partition coefficient (Wildman–Crippen LogP) is 15.3. The summed E-state index contributed by atoms with van der Waals surface area (Å²) in [7, 11) is 0. The molecule has 0 aliphatic carbocycles. The Labute approximate surface area is 498 Å². The van der Waals surface area contributed by atoms with E-state index in [4.69, 9.17) is 0 Å². The van der Waals surface area contributed by atoms with Crippen molar-refractivity contribution in [2.24, 2.45) is 0 Å². The molecule has 0 saturated heterocycles. The molecule has 0 aliphatic heterocycles. The maximum Gasteiger partial charge on any atom is 0.142 e. The van der Waals surface area contributed by atoms with Crippen LogP contribution in [-0.4, -0.2) is 30.6 Å². The standard InChI is InChI=1S/C40H22I12O6/c41-21-3-15(4-22(42)33(21)53)39(16-5-23(43)34(54)24(44)6-16,17-7-25(45)35(55)26(46)8-17)1-2-40(18-9-27(47)36(56)28(48)10-18,19-11-29(49)37(57)30(50)12-19)20-13-31(51)38(58)32(52)14-20/h3-14,53-58H,1-2H2. The Hall–Kier alpha value is 2.88. The zero-order chi connectivity index (χ0) is 42.8. The maximum atomic E-state index is 11.2. The molecule has 0 heterocycles. The average Bonchev–Trinajstić information content (AvgIpc) is 3.16. The van der Waals surface area contributed by atoms with Gasteiger partial charge in [0.1, 0.15) is 34.5 Å². The van der Waals surface area contributed by atoms with Crippen molar-refractivity contribution in [2.75, 3.05) is 0 Å². The van der Waals surface area contributed by atoms with Gasteiger partial charge in [-0.15, -0.1) is 0 Å². The molecule has 0 fully saturated rings. The van der Waals surface area contributed by atoms with Crippen LogP contribution in [0.25, 0.3) is 0 Å². The van der Waals surface area contributed by atoms with E-state index < -0.39 is 10.8 Å². The van der Waals surface area contributed by atoms with E-state index in [9.17, 15) is 30.6 Å². The summed E-state index contributed by atoms with van der Waals surface area (Å²) in [5.41, 5.74) is 3.50. The fourth-order valence-electron chi connectivity index (χ4n) is 7.11. The number of aromatic hydroxyl groups is 6.